The molecule has 1 saturated heterocycles. The summed E-state index contributed by atoms with van der Waals surface area (Å²) in [7, 11) is 1.68. The minimum atomic E-state index is 0.183. The smallest absolute Gasteiger partial charge is 0.233 e. The SMILES string of the molecule is COCCn1c(SCC(=O)N2[C@H](C)CCC[C@H]2C)nnc1-c1ccccc1. The van der Waals surface area contributed by atoms with Gasteiger partial charge in [-0.15, -0.1) is 10.2 Å². The number of benzene rings is 1. The summed E-state index contributed by atoms with van der Waals surface area (Å²) in [6, 6.07) is 10.6. The van der Waals surface area contributed by atoms with Crippen molar-refractivity contribution in [2.45, 2.75) is 56.9 Å². The van der Waals surface area contributed by atoms with E-state index in [1.165, 1.54) is 18.2 Å². The van der Waals surface area contributed by atoms with E-state index in [1.807, 2.05) is 39.8 Å². The Balaban J connectivity index is 1.74. The van der Waals surface area contributed by atoms with Gasteiger partial charge in [0.15, 0.2) is 11.0 Å². The van der Waals surface area contributed by atoms with Crippen LogP contribution in [0.3, 0.4) is 0 Å². The number of nitrogens with zero attached hydrogens (tertiary/aromatic N) is 4. The molecule has 146 valence electrons. The third-order valence-electron chi connectivity index (χ3n) is 5.07. The third-order valence-corrected chi connectivity index (χ3v) is 6.03. The number of ether oxygens (including phenoxy) is 1. The molecule has 2 atom stereocenters. The molecule has 0 saturated carbocycles. The van der Waals surface area contributed by atoms with Gasteiger partial charge in [-0.2, -0.15) is 0 Å². The minimum Gasteiger partial charge on any atom is -0.383 e. The molecule has 6 nitrogen and oxygen atoms in total. The summed E-state index contributed by atoms with van der Waals surface area (Å²) in [5, 5.41) is 9.48. The second-order valence-corrected chi connectivity index (χ2v) is 7.98. The van der Waals surface area contributed by atoms with E-state index in [4.69, 9.17) is 4.74 Å². The summed E-state index contributed by atoms with van der Waals surface area (Å²) in [5.41, 5.74) is 1.01. The molecule has 1 aromatic heterocycles. The fourth-order valence-electron chi connectivity index (χ4n) is 3.69. The lowest BCUT2D eigenvalue weighted by Crippen LogP contribution is -2.48. The lowest BCUT2D eigenvalue weighted by molar-refractivity contribution is -0.134. The highest BCUT2D eigenvalue weighted by molar-refractivity contribution is 7.99. The lowest BCUT2D eigenvalue weighted by atomic mass is 9.98. The Morgan fingerprint density at radius 2 is 1.89 bits per heavy atom. The molecule has 0 aliphatic carbocycles. The van der Waals surface area contributed by atoms with Crippen LogP contribution in [0.1, 0.15) is 33.1 Å². The van der Waals surface area contributed by atoms with E-state index in [9.17, 15) is 4.79 Å². The zero-order valence-corrected chi connectivity index (χ0v) is 17.1. The van der Waals surface area contributed by atoms with Crippen molar-refractivity contribution in [3.8, 4) is 11.4 Å². The van der Waals surface area contributed by atoms with Crippen molar-refractivity contribution in [2.24, 2.45) is 0 Å². The normalized spacial score (nSPS) is 20.0. The number of hydrogen-bond acceptors (Lipinski definition) is 5. The van der Waals surface area contributed by atoms with Crippen LogP contribution in [0.5, 0.6) is 0 Å². The van der Waals surface area contributed by atoms with E-state index in [2.05, 4.69) is 24.0 Å². The van der Waals surface area contributed by atoms with E-state index >= 15 is 0 Å². The Morgan fingerprint density at radius 1 is 1.19 bits per heavy atom. The molecule has 0 bridgehead atoms. The number of amides is 1. The molecule has 2 aromatic rings. The second-order valence-electron chi connectivity index (χ2n) is 7.04. The van der Waals surface area contributed by atoms with Gasteiger partial charge in [-0.3, -0.25) is 9.36 Å². The monoisotopic (exact) mass is 388 g/mol. The molecule has 1 amide bonds. The topological polar surface area (TPSA) is 60.2 Å². The summed E-state index contributed by atoms with van der Waals surface area (Å²) >= 11 is 1.46. The number of hydrogen-bond donors (Lipinski definition) is 0. The fraction of sp³-hybridized carbons (Fsp3) is 0.550. The number of thioether (sulfide) groups is 1. The van der Waals surface area contributed by atoms with Crippen molar-refractivity contribution in [1.82, 2.24) is 19.7 Å². The number of carbonyl (C=O) groups excluding carboxylic acids is 1. The van der Waals surface area contributed by atoms with Crippen molar-refractivity contribution < 1.29 is 9.53 Å². The molecular formula is C20H28N4O2S. The molecule has 27 heavy (non-hydrogen) atoms. The van der Waals surface area contributed by atoms with Crippen LogP contribution < -0.4 is 0 Å². The zero-order chi connectivity index (χ0) is 19.2. The van der Waals surface area contributed by atoms with Gasteiger partial charge in [-0.25, -0.2) is 0 Å². The predicted octanol–water partition coefficient (Wildman–Crippen LogP) is 3.47. The Hall–Kier alpha value is -1.86. The van der Waals surface area contributed by atoms with Gasteiger partial charge in [0, 0.05) is 24.8 Å². The molecule has 0 unspecified atom stereocenters. The van der Waals surface area contributed by atoms with Crippen molar-refractivity contribution in [3.05, 3.63) is 30.3 Å². The first-order valence-corrected chi connectivity index (χ1v) is 10.5. The number of methoxy groups -OCH3 is 1. The van der Waals surface area contributed by atoms with Crippen molar-refractivity contribution in [2.75, 3.05) is 19.5 Å². The summed E-state index contributed by atoms with van der Waals surface area (Å²) in [5.74, 6) is 1.37. The van der Waals surface area contributed by atoms with Gasteiger partial charge in [0.05, 0.1) is 18.9 Å². The van der Waals surface area contributed by atoms with E-state index in [0.717, 1.165) is 29.4 Å². The number of carbonyl (C=O) groups is 1. The highest BCUT2D eigenvalue weighted by atomic mass is 32.2. The Kier molecular flexibility index (Phi) is 6.90. The molecule has 0 spiro atoms. The minimum absolute atomic E-state index is 0.183. The number of likely N-dealkylation sites (tertiary alicyclic amines) is 1. The maximum absolute atomic E-state index is 12.8. The first-order valence-electron chi connectivity index (χ1n) is 9.53. The summed E-state index contributed by atoms with van der Waals surface area (Å²) < 4.78 is 7.29. The Bertz CT molecular complexity index is 740. The quantitative estimate of drug-likeness (QED) is 0.680. The third kappa shape index (κ3) is 4.71. The molecular weight excluding hydrogens is 360 g/mol. The molecule has 7 heteroatoms. The zero-order valence-electron chi connectivity index (χ0n) is 16.3. The summed E-state index contributed by atoms with van der Waals surface area (Å²) in [4.78, 5) is 14.9. The molecule has 1 aliphatic rings. The van der Waals surface area contributed by atoms with Crippen LogP contribution in [0.15, 0.2) is 35.5 Å². The van der Waals surface area contributed by atoms with E-state index in [1.54, 1.807) is 7.11 Å². The first-order chi connectivity index (χ1) is 13.1. The van der Waals surface area contributed by atoms with E-state index in [0.29, 0.717) is 31.0 Å². The van der Waals surface area contributed by atoms with Crippen molar-refractivity contribution in [3.63, 3.8) is 0 Å². The van der Waals surface area contributed by atoms with Crippen LogP contribution >= 0.6 is 11.8 Å². The second kappa shape index (κ2) is 9.37. The van der Waals surface area contributed by atoms with Crippen LogP contribution in [-0.4, -0.2) is 57.1 Å². The van der Waals surface area contributed by atoms with Crippen LogP contribution in [-0.2, 0) is 16.1 Å². The van der Waals surface area contributed by atoms with Gasteiger partial charge >= 0.3 is 0 Å². The van der Waals surface area contributed by atoms with E-state index < -0.39 is 0 Å². The molecule has 1 aromatic carbocycles. The largest absolute Gasteiger partial charge is 0.383 e. The van der Waals surface area contributed by atoms with Crippen LogP contribution in [0, 0.1) is 0 Å². The predicted molar refractivity (Wildman–Crippen MR) is 108 cm³/mol. The van der Waals surface area contributed by atoms with Gasteiger partial charge < -0.3 is 9.64 Å². The lowest BCUT2D eigenvalue weighted by Gasteiger charge is -2.39. The number of aromatic nitrogens is 3. The van der Waals surface area contributed by atoms with Crippen LogP contribution in [0.4, 0.5) is 0 Å². The van der Waals surface area contributed by atoms with Gasteiger partial charge in [-0.05, 0) is 33.1 Å². The number of rotatable bonds is 7. The Labute approximate surface area is 165 Å². The van der Waals surface area contributed by atoms with Crippen LogP contribution in [0.25, 0.3) is 11.4 Å². The van der Waals surface area contributed by atoms with Gasteiger partial charge in [0.2, 0.25) is 5.91 Å². The molecule has 0 radical (unpaired) electrons. The maximum atomic E-state index is 12.8. The molecule has 1 aliphatic heterocycles. The maximum Gasteiger partial charge on any atom is 0.233 e. The number of piperidine rings is 1. The molecule has 1 fully saturated rings. The average molecular weight is 389 g/mol. The highest BCUT2D eigenvalue weighted by Crippen LogP contribution is 2.27. The highest BCUT2D eigenvalue weighted by Gasteiger charge is 2.29. The molecule has 2 heterocycles. The fourth-order valence-corrected chi connectivity index (χ4v) is 4.53. The molecule has 0 N–H and O–H groups in total. The van der Waals surface area contributed by atoms with Gasteiger partial charge in [0.1, 0.15) is 0 Å². The van der Waals surface area contributed by atoms with Crippen molar-refractivity contribution >= 4 is 17.7 Å². The average Bonchev–Trinajstić information content (AvgIpc) is 3.08. The summed E-state index contributed by atoms with van der Waals surface area (Å²) in [6.45, 7) is 5.51. The standard InChI is InChI=1S/C20H28N4O2S/c1-15-8-7-9-16(2)24(15)18(25)14-27-20-22-21-19(23(20)12-13-26-3)17-10-5-4-6-11-17/h4-6,10-11,15-16H,7-9,12-14H2,1-3H3/t15-,16-/m1/s1. The summed E-state index contributed by atoms with van der Waals surface area (Å²) in [6.07, 6.45) is 3.37. The Morgan fingerprint density at radius 3 is 2.56 bits per heavy atom. The first kappa shape index (κ1) is 19.9. The van der Waals surface area contributed by atoms with E-state index in [-0.39, 0.29) is 5.91 Å². The molecule has 3 rings (SSSR count). The van der Waals surface area contributed by atoms with Crippen LogP contribution in [0.2, 0.25) is 0 Å². The van der Waals surface area contributed by atoms with Gasteiger partial charge in [0.25, 0.3) is 0 Å². The van der Waals surface area contributed by atoms with Gasteiger partial charge in [-0.1, -0.05) is 42.1 Å². The van der Waals surface area contributed by atoms with Crippen molar-refractivity contribution in [1.29, 1.82) is 0 Å².